The van der Waals surface area contributed by atoms with Crippen LogP contribution in [0.3, 0.4) is 0 Å². The Bertz CT molecular complexity index is 1090. The number of halogens is 4. The molecule has 0 amide bonds. The largest absolute Gasteiger partial charge is 0.416 e. The number of imidazole rings is 1. The van der Waals surface area contributed by atoms with Crippen molar-refractivity contribution in [2.24, 2.45) is 0 Å². The smallest absolute Gasteiger partial charge is 0.359 e. The van der Waals surface area contributed by atoms with Gasteiger partial charge in [-0.15, -0.1) is 0 Å². The second-order valence-corrected chi connectivity index (χ2v) is 5.52. The molecule has 25 heavy (non-hydrogen) atoms. The summed E-state index contributed by atoms with van der Waals surface area (Å²) in [6.07, 6.45) is -2.86. The first-order chi connectivity index (χ1) is 11.8. The molecule has 4 aromatic rings. The van der Waals surface area contributed by atoms with Gasteiger partial charge in [-0.3, -0.25) is 0 Å². The fourth-order valence-electron chi connectivity index (χ4n) is 2.68. The van der Waals surface area contributed by atoms with Gasteiger partial charge in [-0.05, 0) is 36.4 Å². The van der Waals surface area contributed by atoms with Crippen LogP contribution >= 0.6 is 0 Å². The van der Waals surface area contributed by atoms with Crippen LogP contribution in [0.2, 0.25) is 0 Å². The number of nitrogens with two attached hydrogens (primary N) is 1. The van der Waals surface area contributed by atoms with E-state index in [1.54, 1.807) is 12.3 Å². The van der Waals surface area contributed by atoms with E-state index in [1.807, 2.05) is 0 Å². The molecule has 0 bridgehead atoms. The van der Waals surface area contributed by atoms with E-state index in [0.717, 1.165) is 16.8 Å². The third kappa shape index (κ3) is 2.53. The molecule has 5 nitrogen and oxygen atoms in total. The van der Waals surface area contributed by atoms with Crippen molar-refractivity contribution < 1.29 is 17.6 Å². The molecule has 2 aromatic heterocycles. The Hall–Kier alpha value is -3.23. The molecule has 0 fully saturated rings. The van der Waals surface area contributed by atoms with Crippen molar-refractivity contribution in [1.29, 1.82) is 0 Å². The van der Waals surface area contributed by atoms with Crippen LogP contribution in [-0.2, 0) is 6.18 Å². The van der Waals surface area contributed by atoms with Crippen molar-refractivity contribution >= 4 is 33.6 Å². The molecular weight excluding hydrogens is 338 g/mol. The van der Waals surface area contributed by atoms with Crippen LogP contribution in [-0.4, -0.2) is 14.6 Å². The lowest BCUT2D eigenvalue weighted by molar-refractivity contribution is -0.137. The quantitative estimate of drug-likeness (QED) is 0.376. The summed E-state index contributed by atoms with van der Waals surface area (Å²) in [6, 6.07) is 7.36. The number of fused-ring (bicyclic) bond motifs is 2. The summed E-state index contributed by atoms with van der Waals surface area (Å²) in [5, 5.41) is 3.49. The number of anilines is 2. The zero-order chi connectivity index (χ0) is 17.8. The molecule has 0 aliphatic carbocycles. The fourth-order valence-corrected chi connectivity index (χ4v) is 2.68. The minimum atomic E-state index is -4.46. The van der Waals surface area contributed by atoms with Gasteiger partial charge < -0.3 is 16.1 Å². The molecule has 9 heteroatoms. The molecule has 0 spiro atoms. The lowest BCUT2D eigenvalue weighted by atomic mass is 10.2. The van der Waals surface area contributed by atoms with Gasteiger partial charge in [0.15, 0.2) is 0 Å². The first-order valence-corrected chi connectivity index (χ1v) is 7.21. The molecule has 0 aliphatic heterocycles. The summed E-state index contributed by atoms with van der Waals surface area (Å²) in [7, 11) is 0. The topological polar surface area (TPSA) is 71.7 Å². The van der Waals surface area contributed by atoms with Crippen LogP contribution in [0.15, 0.2) is 42.6 Å². The van der Waals surface area contributed by atoms with Crippen molar-refractivity contribution in [2.75, 3.05) is 11.2 Å². The molecule has 0 unspecified atom stereocenters. The van der Waals surface area contributed by atoms with E-state index < -0.39 is 17.6 Å². The fraction of sp³-hybridized carbons (Fsp3) is 0.0625. The average molecular weight is 349 g/mol. The van der Waals surface area contributed by atoms with Gasteiger partial charge in [0.2, 0.25) is 5.95 Å². The highest BCUT2D eigenvalue weighted by Crippen LogP contribution is 2.32. The maximum Gasteiger partial charge on any atom is 0.416 e. The van der Waals surface area contributed by atoms with E-state index in [4.69, 9.17) is 5.84 Å². The van der Waals surface area contributed by atoms with E-state index in [1.165, 1.54) is 18.2 Å². The molecule has 4 rings (SSSR count). The van der Waals surface area contributed by atoms with Crippen LogP contribution in [0, 0.1) is 5.82 Å². The molecule has 0 radical (unpaired) electrons. The van der Waals surface area contributed by atoms with Crippen molar-refractivity contribution in [3.8, 4) is 0 Å². The summed E-state index contributed by atoms with van der Waals surface area (Å²) in [5.41, 5.74) is 0.835. The van der Waals surface area contributed by atoms with Gasteiger partial charge in [0.1, 0.15) is 5.82 Å². The third-order valence-corrected chi connectivity index (χ3v) is 3.91. The number of nitrogens with one attached hydrogen (secondary N) is 2. The van der Waals surface area contributed by atoms with Gasteiger partial charge in [-0.1, -0.05) is 0 Å². The Kier molecular flexibility index (Phi) is 3.14. The first-order valence-electron chi connectivity index (χ1n) is 7.21. The van der Waals surface area contributed by atoms with Crippen molar-refractivity contribution in [3.63, 3.8) is 0 Å². The second-order valence-electron chi connectivity index (χ2n) is 5.52. The van der Waals surface area contributed by atoms with E-state index in [0.29, 0.717) is 22.1 Å². The molecule has 0 saturated carbocycles. The van der Waals surface area contributed by atoms with Crippen LogP contribution < -0.4 is 11.2 Å². The predicted molar refractivity (Wildman–Crippen MR) is 86.4 cm³/mol. The molecule has 4 N–H and O–H groups in total. The Morgan fingerprint density at radius 3 is 2.68 bits per heavy atom. The van der Waals surface area contributed by atoms with Crippen LogP contribution in [0.5, 0.6) is 0 Å². The SMILES string of the molecule is Nn1c(Nc2c[nH]c3ccc(F)cc23)nc2cc(C(F)(F)F)ccc21. The maximum atomic E-state index is 13.4. The number of benzene rings is 2. The number of hydrogen-bond acceptors (Lipinski definition) is 3. The molecular formula is C16H11F4N5. The van der Waals surface area contributed by atoms with Crippen molar-refractivity contribution in [3.05, 3.63) is 54.0 Å². The lowest BCUT2D eigenvalue weighted by Gasteiger charge is -2.06. The number of nitrogens with zero attached hydrogens (tertiary/aromatic N) is 2. The second kappa shape index (κ2) is 5.13. The van der Waals surface area contributed by atoms with E-state index in [-0.39, 0.29) is 11.5 Å². The van der Waals surface area contributed by atoms with Crippen molar-refractivity contribution in [1.82, 2.24) is 14.6 Å². The zero-order valence-electron chi connectivity index (χ0n) is 12.5. The highest BCUT2D eigenvalue weighted by atomic mass is 19.4. The van der Waals surface area contributed by atoms with E-state index in [2.05, 4.69) is 15.3 Å². The number of hydrogen-bond donors (Lipinski definition) is 3. The minimum absolute atomic E-state index is 0.103. The summed E-state index contributed by atoms with van der Waals surface area (Å²) in [4.78, 5) is 7.07. The summed E-state index contributed by atoms with van der Waals surface area (Å²) in [5.74, 6) is 5.64. The monoisotopic (exact) mass is 349 g/mol. The van der Waals surface area contributed by atoms with Crippen LogP contribution in [0.1, 0.15) is 5.56 Å². The van der Waals surface area contributed by atoms with Gasteiger partial charge in [-0.2, -0.15) is 13.2 Å². The Labute approximate surface area is 138 Å². The first kappa shape index (κ1) is 15.3. The highest BCUT2D eigenvalue weighted by molar-refractivity contribution is 5.94. The van der Waals surface area contributed by atoms with Crippen LogP contribution in [0.4, 0.5) is 29.2 Å². The Balaban J connectivity index is 1.78. The minimum Gasteiger partial charge on any atom is -0.359 e. The molecule has 2 heterocycles. The standard InChI is InChI=1S/C16H11F4N5/c17-9-2-3-11-10(6-9)13(7-22-11)24-15-23-12-5-8(16(18,19)20)1-4-14(12)25(15)21/h1-7,22H,21H2,(H,23,24). The maximum absolute atomic E-state index is 13.4. The number of H-pyrrole nitrogens is 1. The zero-order valence-corrected chi connectivity index (χ0v) is 12.5. The van der Waals surface area contributed by atoms with Gasteiger partial charge in [-0.25, -0.2) is 14.1 Å². The van der Waals surface area contributed by atoms with E-state index in [9.17, 15) is 17.6 Å². The number of aromatic amines is 1. The predicted octanol–water partition coefficient (Wildman–Crippen LogP) is 4.13. The third-order valence-electron chi connectivity index (χ3n) is 3.91. The summed E-state index contributed by atoms with van der Waals surface area (Å²) < 4.78 is 53.0. The molecule has 2 aromatic carbocycles. The number of rotatable bonds is 2. The van der Waals surface area contributed by atoms with Crippen molar-refractivity contribution in [2.45, 2.75) is 6.18 Å². The normalized spacial score (nSPS) is 12.2. The summed E-state index contributed by atoms with van der Waals surface area (Å²) in [6.45, 7) is 0. The Morgan fingerprint density at radius 2 is 1.92 bits per heavy atom. The van der Waals surface area contributed by atoms with Crippen LogP contribution in [0.25, 0.3) is 21.9 Å². The number of nitrogen functional groups attached to an aromatic ring is 1. The summed E-state index contributed by atoms with van der Waals surface area (Å²) >= 11 is 0. The number of alkyl halides is 3. The molecule has 0 atom stereocenters. The Morgan fingerprint density at radius 1 is 1.12 bits per heavy atom. The lowest BCUT2D eigenvalue weighted by Crippen LogP contribution is -2.11. The van der Waals surface area contributed by atoms with Gasteiger partial charge in [0.05, 0.1) is 22.3 Å². The highest BCUT2D eigenvalue weighted by Gasteiger charge is 2.31. The van der Waals surface area contributed by atoms with Gasteiger partial charge >= 0.3 is 6.18 Å². The molecule has 128 valence electrons. The van der Waals surface area contributed by atoms with Gasteiger partial charge in [0.25, 0.3) is 0 Å². The molecule has 0 saturated heterocycles. The van der Waals surface area contributed by atoms with Gasteiger partial charge in [0, 0.05) is 17.1 Å². The molecule has 0 aliphatic rings. The number of aromatic nitrogens is 3. The van der Waals surface area contributed by atoms with E-state index >= 15 is 0 Å². The average Bonchev–Trinajstić information content (AvgIpc) is 3.08.